The van der Waals surface area contributed by atoms with Crippen LogP contribution in [0.1, 0.15) is 11.1 Å². The van der Waals surface area contributed by atoms with Crippen LogP contribution in [0.15, 0.2) is 88.0 Å². The fraction of sp³-hybridized carbons (Fsp3) is 0.0714. The van der Waals surface area contributed by atoms with Crippen LogP contribution >= 0.6 is 34.8 Å². The number of hydrogen-bond acceptors (Lipinski definition) is 2. The maximum Gasteiger partial charge on any atom is 0.228 e. The van der Waals surface area contributed by atoms with Crippen LogP contribution in [0, 0.1) is 19.3 Å². The lowest BCUT2D eigenvalue weighted by Gasteiger charge is -2.13. The summed E-state index contributed by atoms with van der Waals surface area (Å²) >= 11 is 18.2. The molecule has 0 fully saturated rings. The van der Waals surface area contributed by atoms with Crippen molar-refractivity contribution < 1.29 is 13.9 Å². The SMILES string of the molecule is C=C.C=C.C=C.[C-]#[N+]c1cc(Cl)cc(Oc2c(Cl)ccc(CC(=O)Nc3ccc(C)cc3Cl)c2F)c1. The summed E-state index contributed by atoms with van der Waals surface area (Å²) in [5, 5.41) is 3.33. The van der Waals surface area contributed by atoms with E-state index in [0.29, 0.717) is 10.7 Å². The van der Waals surface area contributed by atoms with Gasteiger partial charge in [0.05, 0.1) is 28.7 Å². The quantitative estimate of drug-likeness (QED) is 0.255. The van der Waals surface area contributed by atoms with Gasteiger partial charge in [0.15, 0.2) is 17.3 Å². The normalized spacial score (nSPS) is 9.00. The number of ether oxygens (including phenoxy) is 1. The average Bonchev–Trinajstić information content (AvgIpc) is 2.88. The smallest absolute Gasteiger partial charge is 0.228 e. The average molecular weight is 548 g/mol. The molecule has 4 nitrogen and oxygen atoms in total. The molecule has 0 saturated heterocycles. The third-order valence-electron chi connectivity index (χ3n) is 4.08. The first kappa shape index (κ1) is 32.4. The summed E-state index contributed by atoms with van der Waals surface area (Å²) in [6.07, 6.45) is -0.258. The fourth-order valence-corrected chi connectivity index (χ4v) is 3.37. The molecule has 0 spiro atoms. The van der Waals surface area contributed by atoms with Crippen molar-refractivity contribution in [2.75, 3.05) is 5.32 Å². The third-order valence-corrected chi connectivity index (χ3v) is 4.91. The second-order valence-corrected chi connectivity index (χ2v) is 7.67. The molecule has 0 atom stereocenters. The first-order chi connectivity index (χ1) is 17.3. The van der Waals surface area contributed by atoms with Crippen molar-refractivity contribution in [3.8, 4) is 11.5 Å². The van der Waals surface area contributed by atoms with Crippen molar-refractivity contribution in [3.05, 3.63) is 131 Å². The third kappa shape index (κ3) is 9.59. The lowest BCUT2D eigenvalue weighted by atomic mass is 10.1. The number of nitrogens with zero attached hydrogens (tertiary/aromatic N) is 1. The van der Waals surface area contributed by atoms with Gasteiger partial charge in [-0.1, -0.05) is 46.9 Å². The molecule has 0 bridgehead atoms. The standard InChI is InChI=1S/C22H14Cl3FN2O2.3C2H4/c1-12-3-6-19(18(25)7-12)28-20(29)8-13-4-5-17(24)22(21(13)26)30-16-10-14(23)9-15(11-16)27-2;3*1-2/h3-7,9-11H,8H2,1H3,(H,28,29);3*1-2H2. The molecule has 0 saturated carbocycles. The maximum atomic E-state index is 15.0. The zero-order valence-electron chi connectivity index (χ0n) is 19.8. The molecule has 1 amide bonds. The molecular weight excluding hydrogens is 522 g/mol. The predicted molar refractivity (Wildman–Crippen MR) is 151 cm³/mol. The number of aryl methyl sites for hydroxylation is 1. The summed E-state index contributed by atoms with van der Waals surface area (Å²) in [5.41, 5.74) is 1.71. The first-order valence-corrected chi connectivity index (χ1v) is 11.3. The van der Waals surface area contributed by atoms with Gasteiger partial charge in [-0.05, 0) is 48.9 Å². The van der Waals surface area contributed by atoms with Crippen molar-refractivity contribution >= 4 is 52.1 Å². The number of halogens is 4. The van der Waals surface area contributed by atoms with Gasteiger partial charge in [0.1, 0.15) is 5.75 Å². The van der Waals surface area contributed by atoms with Gasteiger partial charge in [0.2, 0.25) is 5.91 Å². The molecule has 0 aliphatic carbocycles. The minimum atomic E-state index is -0.781. The second-order valence-electron chi connectivity index (χ2n) is 6.42. The number of amides is 1. The van der Waals surface area contributed by atoms with E-state index in [-0.39, 0.29) is 39.2 Å². The van der Waals surface area contributed by atoms with Gasteiger partial charge in [-0.25, -0.2) is 9.24 Å². The molecule has 3 rings (SSSR count). The molecule has 1 N–H and O–H groups in total. The molecule has 0 radical (unpaired) electrons. The maximum absolute atomic E-state index is 15.0. The van der Waals surface area contributed by atoms with E-state index in [2.05, 4.69) is 49.6 Å². The molecule has 36 heavy (non-hydrogen) atoms. The number of carbonyl (C=O) groups is 1. The van der Waals surface area contributed by atoms with E-state index in [1.54, 1.807) is 18.2 Å². The van der Waals surface area contributed by atoms with Crippen LogP contribution < -0.4 is 10.1 Å². The summed E-state index contributed by atoms with van der Waals surface area (Å²) in [5.74, 6) is -1.33. The molecule has 3 aromatic carbocycles. The Kier molecular flexibility index (Phi) is 15.3. The number of hydrogen-bond donors (Lipinski definition) is 1. The molecule has 8 heteroatoms. The Bertz CT molecular complexity index is 1220. The van der Waals surface area contributed by atoms with E-state index in [0.717, 1.165) is 5.56 Å². The van der Waals surface area contributed by atoms with E-state index in [1.807, 2.05) is 6.92 Å². The summed E-state index contributed by atoms with van der Waals surface area (Å²) in [4.78, 5) is 15.7. The highest BCUT2D eigenvalue weighted by Crippen LogP contribution is 2.36. The van der Waals surface area contributed by atoms with E-state index < -0.39 is 11.7 Å². The molecule has 0 unspecified atom stereocenters. The Morgan fingerprint density at radius 2 is 1.61 bits per heavy atom. The summed E-state index contributed by atoms with van der Waals surface area (Å²) in [7, 11) is 0. The Labute approximate surface area is 227 Å². The van der Waals surface area contributed by atoms with Crippen LogP contribution in [0.4, 0.5) is 15.8 Å². The van der Waals surface area contributed by atoms with E-state index in [4.69, 9.17) is 46.1 Å². The van der Waals surface area contributed by atoms with Gasteiger partial charge in [0, 0.05) is 10.6 Å². The van der Waals surface area contributed by atoms with Crippen LogP contribution in [0.3, 0.4) is 0 Å². The van der Waals surface area contributed by atoms with Crippen LogP contribution in [0.5, 0.6) is 11.5 Å². The summed E-state index contributed by atoms with van der Waals surface area (Å²) in [6.45, 7) is 27.0. The van der Waals surface area contributed by atoms with Crippen LogP contribution in [0.2, 0.25) is 15.1 Å². The Balaban J connectivity index is 0.00000190. The number of anilines is 1. The molecule has 0 aliphatic heterocycles. The van der Waals surface area contributed by atoms with Crippen LogP contribution in [0.25, 0.3) is 4.85 Å². The van der Waals surface area contributed by atoms with Gasteiger partial charge in [-0.3, -0.25) is 4.79 Å². The van der Waals surface area contributed by atoms with Gasteiger partial charge >= 0.3 is 0 Å². The lowest BCUT2D eigenvalue weighted by Crippen LogP contribution is -2.15. The van der Waals surface area contributed by atoms with E-state index >= 15 is 4.39 Å². The predicted octanol–water partition coefficient (Wildman–Crippen LogP) is 10.0. The zero-order valence-corrected chi connectivity index (χ0v) is 22.1. The molecule has 0 heterocycles. The van der Waals surface area contributed by atoms with Crippen molar-refractivity contribution in [1.82, 2.24) is 0 Å². The number of benzene rings is 3. The topological polar surface area (TPSA) is 42.7 Å². The number of rotatable bonds is 5. The van der Waals surface area contributed by atoms with Gasteiger partial charge in [-0.15, -0.1) is 39.5 Å². The van der Waals surface area contributed by atoms with Crippen molar-refractivity contribution in [3.63, 3.8) is 0 Å². The fourth-order valence-electron chi connectivity index (χ4n) is 2.68. The number of carbonyl (C=O) groups excluding carboxylic acids is 1. The Hall–Kier alpha value is -3.56. The molecule has 0 aromatic heterocycles. The molecule has 3 aromatic rings. The second kappa shape index (κ2) is 17.0. The molecular formula is C28H26Cl3FN2O2. The minimum Gasteiger partial charge on any atom is -0.454 e. The van der Waals surface area contributed by atoms with Gasteiger partial charge in [0.25, 0.3) is 0 Å². The van der Waals surface area contributed by atoms with Crippen molar-refractivity contribution in [2.24, 2.45) is 0 Å². The monoisotopic (exact) mass is 546 g/mol. The van der Waals surface area contributed by atoms with E-state index in [1.165, 1.54) is 30.3 Å². The highest BCUT2D eigenvalue weighted by Gasteiger charge is 2.18. The molecule has 0 aliphatic rings. The molecule has 188 valence electrons. The number of nitrogens with one attached hydrogen (secondary N) is 1. The highest BCUT2D eigenvalue weighted by molar-refractivity contribution is 6.34. The van der Waals surface area contributed by atoms with E-state index in [9.17, 15) is 4.79 Å². The zero-order chi connectivity index (χ0) is 27.8. The van der Waals surface area contributed by atoms with Crippen molar-refractivity contribution in [2.45, 2.75) is 13.3 Å². The first-order valence-electron chi connectivity index (χ1n) is 10.2. The minimum absolute atomic E-state index is 0.0163. The van der Waals surface area contributed by atoms with Gasteiger partial charge in [-0.2, -0.15) is 0 Å². The van der Waals surface area contributed by atoms with Crippen molar-refractivity contribution in [1.29, 1.82) is 0 Å². The highest BCUT2D eigenvalue weighted by atomic mass is 35.5. The van der Waals surface area contributed by atoms with Crippen LogP contribution in [-0.2, 0) is 11.2 Å². The summed E-state index contributed by atoms with van der Waals surface area (Å²) < 4.78 is 20.6. The van der Waals surface area contributed by atoms with Gasteiger partial charge < -0.3 is 10.1 Å². The Morgan fingerprint density at radius 3 is 2.19 bits per heavy atom. The summed E-state index contributed by atoms with van der Waals surface area (Å²) in [6, 6.07) is 12.3. The Morgan fingerprint density at radius 1 is 0.972 bits per heavy atom. The largest absolute Gasteiger partial charge is 0.454 e. The van der Waals surface area contributed by atoms with Crippen LogP contribution in [-0.4, -0.2) is 5.91 Å². The lowest BCUT2D eigenvalue weighted by molar-refractivity contribution is -0.115.